The molecule has 0 saturated heterocycles. The molecule has 0 aliphatic rings. The summed E-state index contributed by atoms with van der Waals surface area (Å²) in [5.41, 5.74) is 0.860. The summed E-state index contributed by atoms with van der Waals surface area (Å²) in [6.07, 6.45) is 1.31. The number of hydrogen-bond donors (Lipinski definition) is 2. The summed E-state index contributed by atoms with van der Waals surface area (Å²) in [7, 11) is 1.48. The lowest BCUT2D eigenvalue weighted by atomic mass is 10.1. The molecule has 0 atom stereocenters. The molecular formula is C20H19ClN2O4. The van der Waals surface area contributed by atoms with Gasteiger partial charge in [0, 0.05) is 5.69 Å². The topological polar surface area (TPSA) is 91.6 Å². The molecule has 7 heteroatoms. The van der Waals surface area contributed by atoms with Crippen molar-refractivity contribution in [1.29, 1.82) is 5.26 Å². The van der Waals surface area contributed by atoms with E-state index >= 15 is 0 Å². The Morgan fingerprint density at radius 3 is 2.52 bits per heavy atom. The number of carbonyl (C=O) groups excluding carboxylic acids is 1. The van der Waals surface area contributed by atoms with E-state index in [0.717, 1.165) is 0 Å². The molecule has 0 spiro atoms. The number of nitrogens with one attached hydrogen (secondary N) is 1. The van der Waals surface area contributed by atoms with E-state index in [4.69, 9.17) is 21.1 Å². The summed E-state index contributed by atoms with van der Waals surface area (Å²) in [5.74, 6) is 0.298. The number of phenolic OH excluding ortho intramolecular Hbond substituents is 1. The third kappa shape index (κ3) is 5.40. The van der Waals surface area contributed by atoms with E-state index in [0.29, 0.717) is 27.8 Å². The number of anilines is 1. The number of benzene rings is 2. The monoisotopic (exact) mass is 386 g/mol. The molecule has 1 amide bonds. The number of rotatable bonds is 6. The molecule has 2 N–H and O–H groups in total. The van der Waals surface area contributed by atoms with Crippen molar-refractivity contribution in [2.24, 2.45) is 0 Å². The van der Waals surface area contributed by atoms with E-state index < -0.39 is 5.91 Å². The van der Waals surface area contributed by atoms with Crippen LogP contribution in [-0.4, -0.2) is 24.2 Å². The number of methoxy groups -OCH3 is 1. The molecule has 0 bridgehead atoms. The first kappa shape index (κ1) is 20.1. The number of hydrogen-bond acceptors (Lipinski definition) is 5. The van der Waals surface area contributed by atoms with Crippen LogP contribution in [0.2, 0.25) is 5.02 Å². The maximum absolute atomic E-state index is 12.3. The Balaban J connectivity index is 2.31. The van der Waals surface area contributed by atoms with Crippen molar-refractivity contribution in [3.05, 3.63) is 52.6 Å². The molecule has 6 nitrogen and oxygen atoms in total. The Hall–Kier alpha value is -3.17. The smallest absolute Gasteiger partial charge is 0.266 e. The van der Waals surface area contributed by atoms with Gasteiger partial charge in [-0.15, -0.1) is 0 Å². The Labute approximate surface area is 162 Å². The molecule has 0 aromatic heterocycles. The van der Waals surface area contributed by atoms with E-state index in [1.54, 1.807) is 12.1 Å². The fraction of sp³-hybridized carbons (Fsp3) is 0.200. The summed E-state index contributed by atoms with van der Waals surface area (Å²) in [6, 6.07) is 11.0. The highest BCUT2D eigenvalue weighted by Gasteiger charge is 2.15. The Bertz CT molecular complexity index is 899. The highest BCUT2D eigenvalue weighted by Crippen LogP contribution is 2.37. The largest absolute Gasteiger partial charge is 0.508 e. The van der Waals surface area contributed by atoms with Crippen molar-refractivity contribution in [1.82, 2.24) is 0 Å². The Morgan fingerprint density at radius 1 is 1.30 bits per heavy atom. The van der Waals surface area contributed by atoms with Gasteiger partial charge in [0.05, 0.1) is 18.2 Å². The van der Waals surface area contributed by atoms with Crippen LogP contribution in [0.5, 0.6) is 17.2 Å². The molecule has 2 aromatic carbocycles. The van der Waals surface area contributed by atoms with Crippen LogP contribution < -0.4 is 14.8 Å². The quantitative estimate of drug-likeness (QED) is 0.436. The van der Waals surface area contributed by atoms with Crippen LogP contribution in [0.4, 0.5) is 5.69 Å². The second-order valence-corrected chi connectivity index (χ2v) is 6.28. The van der Waals surface area contributed by atoms with Crippen molar-refractivity contribution in [2.75, 3.05) is 12.4 Å². The summed E-state index contributed by atoms with van der Waals surface area (Å²) in [6.45, 7) is 3.73. The predicted molar refractivity (Wildman–Crippen MR) is 104 cm³/mol. The van der Waals surface area contributed by atoms with Crippen molar-refractivity contribution < 1.29 is 19.4 Å². The van der Waals surface area contributed by atoms with E-state index in [9.17, 15) is 15.2 Å². The Kier molecular flexibility index (Phi) is 6.69. The lowest BCUT2D eigenvalue weighted by Crippen LogP contribution is -2.13. The average molecular weight is 387 g/mol. The van der Waals surface area contributed by atoms with Gasteiger partial charge in [-0.1, -0.05) is 11.6 Å². The molecule has 2 aromatic rings. The minimum atomic E-state index is -0.583. The fourth-order valence-electron chi connectivity index (χ4n) is 2.23. The van der Waals surface area contributed by atoms with Crippen LogP contribution in [0.3, 0.4) is 0 Å². The lowest BCUT2D eigenvalue weighted by molar-refractivity contribution is -0.112. The van der Waals surface area contributed by atoms with Crippen molar-refractivity contribution in [3.63, 3.8) is 0 Å². The number of phenols is 1. The van der Waals surface area contributed by atoms with Gasteiger partial charge in [-0.25, -0.2) is 0 Å². The average Bonchev–Trinajstić information content (AvgIpc) is 2.63. The van der Waals surface area contributed by atoms with Gasteiger partial charge >= 0.3 is 0 Å². The minimum Gasteiger partial charge on any atom is -0.508 e. The van der Waals surface area contributed by atoms with Crippen LogP contribution in [0.1, 0.15) is 19.4 Å². The number of nitriles is 1. The first-order valence-electron chi connectivity index (χ1n) is 8.10. The zero-order chi connectivity index (χ0) is 20.0. The van der Waals surface area contributed by atoms with E-state index in [1.165, 1.54) is 37.5 Å². The third-order valence-electron chi connectivity index (χ3n) is 3.41. The van der Waals surface area contributed by atoms with Gasteiger partial charge in [-0.2, -0.15) is 5.26 Å². The Morgan fingerprint density at radius 2 is 1.96 bits per heavy atom. The molecule has 2 rings (SSSR count). The first-order chi connectivity index (χ1) is 12.8. The predicted octanol–water partition coefficient (Wildman–Crippen LogP) is 4.39. The van der Waals surface area contributed by atoms with Crippen molar-refractivity contribution >= 4 is 29.3 Å². The number of ether oxygens (including phenoxy) is 2. The molecule has 0 fully saturated rings. The molecule has 140 valence electrons. The second-order valence-electron chi connectivity index (χ2n) is 5.87. The summed E-state index contributed by atoms with van der Waals surface area (Å²) < 4.78 is 11.0. The fourth-order valence-corrected chi connectivity index (χ4v) is 2.50. The molecule has 0 radical (unpaired) electrons. The number of carbonyl (C=O) groups is 1. The maximum Gasteiger partial charge on any atom is 0.266 e. The lowest BCUT2D eigenvalue weighted by Gasteiger charge is -2.15. The second kappa shape index (κ2) is 8.97. The first-order valence-corrected chi connectivity index (χ1v) is 8.48. The molecule has 0 saturated carbocycles. The zero-order valence-electron chi connectivity index (χ0n) is 15.1. The molecule has 0 aliphatic carbocycles. The van der Waals surface area contributed by atoms with Gasteiger partial charge in [-0.05, 0) is 61.9 Å². The summed E-state index contributed by atoms with van der Waals surface area (Å²) in [5, 5.41) is 21.5. The highest BCUT2D eigenvalue weighted by molar-refractivity contribution is 6.32. The van der Waals surface area contributed by atoms with E-state index in [2.05, 4.69) is 5.32 Å². The number of aromatic hydroxyl groups is 1. The highest BCUT2D eigenvalue weighted by atomic mass is 35.5. The standard InChI is InChI=1S/C20H19ClN2O4/c1-12(2)27-19-17(21)9-13(10-18(19)26-3)8-14(11-22)20(25)23-15-4-6-16(24)7-5-15/h4-10,12,24H,1-3H3,(H,23,25). The normalized spacial score (nSPS) is 11.0. The molecule has 0 unspecified atom stereocenters. The maximum atomic E-state index is 12.3. The van der Waals surface area contributed by atoms with Crippen molar-refractivity contribution in [3.8, 4) is 23.3 Å². The zero-order valence-corrected chi connectivity index (χ0v) is 15.9. The van der Waals surface area contributed by atoms with Crippen LogP contribution >= 0.6 is 11.6 Å². The van der Waals surface area contributed by atoms with Gasteiger partial charge in [-0.3, -0.25) is 4.79 Å². The number of halogens is 1. The molecular weight excluding hydrogens is 368 g/mol. The number of amides is 1. The van der Waals surface area contributed by atoms with Crippen LogP contribution in [-0.2, 0) is 4.79 Å². The molecule has 27 heavy (non-hydrogen) atoms. The van der Waals surface area contributed by atoms with Crippen LogP contribution in [0.25, 0.3) is 6.08 Å². The number of nitrogens with zero attached hydrogens (tertiary/aromatic N) is 1. The van der Waals surface area contributed by atoms with Gasteiger partial charge in [0.2, 0.25) is 0 Å². The summed E-state index contributed by atoms with van der Waals surface area (Å²) >= 11 is 6.27. The van der Waals surface area contributed by atoms with E-state index in [1.807, 2.05) is 19.9 Å². The molecule has 0 aliphatic heterocycles. The van der Waals surface area contributed by atoms with Gasteiger partial charge in [0.1, 0.15) is 17.4 Å². The summed E-state index contributed by atoms with van der Waals surface area (Å²) in [4.78, 5) is 12.3. The van der Waals surface area contributed by atoms with Gasteiger partial charge in [0.15, 0.2) is 11.5 Å². The van der Waals surface area contributed by atoms with Crippen LogP contribution in [0.15, 0.2) is 42.0 Å². The van der Waals surface area contributed by atoms with Gasteiger partial charge in [0.25, 0.3) is 5.91 Å². The van der Waals surface area contributed by atoms with Crippen molar-refractivity contribution in [2.45, 2.75) is 20.0 Å². The van der Waals surface area contributed by atoms with E-state index in [-0.39, 0.29) is 17.4 Å². The SMILES string of the molecule is COc1cc(C=C(C#N)C(=O)Nc2ccc(O)cc2)cc(Cl)c1OC(C)C. The van der Waals surface area contributed by atoms with Crippen LogP contribution in [0, 0.1) is 11.3 Å². The third-order valence-corrected chi connectivity index (χ3v) is 3.69. The molecule has 0 heterocycles. The van der Waals surface area contributed by atoms with Gasteiger partial charge < -0.3 is 19.9 Å². The minimum absolute atomic E-state index is 0.0782.